The molecule has 0 fully saturated rings. The second-order valence-corrected chi connectivity index (χ2v) is 8.56. The number of hydrogen-bond acceptors (Lipinski definition) is 4. The van der Waals surface area contributed by atoms with Crippen LogP contribution in [0.4, 0.5) is 10.5 Å². The van der Waals surface area contributed by atoms with Crippen molar-refractivity contribution in [3.63, 3.8) is 0 Å². The lowest BCUT2D eigenvalue weighted by atomic mass is 9.91. The third kappa shape index (κ3) is 5.28. The van der Waals surface area contributed by atoms with E-state index in [0.717, 1.165) is 27.8 Å². The molecule has 1 aromatic heterocycles. The summed E-state index contributed by atoms with van der Waals surface area (Å²) >= 11 is 0. The summed E-state index contributed by atoms with van der Waals surface area (Å²) in [4.78, 5) is 36.8. The van der Waals surface area contributed by atoms with Crippen LogP contribution in [0.5, 0.6) is 5.75 Å². The first kappa shape index (κ1) is 24.6. The molecule has 0 saturated carbocycles. The maximum atomic E-state index is 12.8. The van der Waals surface area contributed by atoms with Crippen molar-refractivity contribution in [1.29, 1.82) is 0 Å². The van der Waals surface area contributed by atoms with Crippen molar-refractivity contribution < 1.29 is 19.8 Å². The molecular weight excluding hydrogens is 434 g/mol. The van der Waals surface area contributed by atoms with E-state index in [1.807, 2.05) is 57.2 Å². The summed E-state index contributed by atoms with van der Waals surface area (Å²) in [5.41, 5.74) is 5.36. The number of carboxylic acid groups (broad SMARTS) is 1. The summed E-state index contributed by atoms with van der Waals surface area (Å²) in [6, 6.07) is 11.4. The number of carbonyl (C=O) groups excluding carboxylic acids is 1. The lowest BCUT2D eigenvalue weighted by Crippen LogP contribution is -2.36. The summed E-state index contributed by atoms with van der Waals surface area (Å²) in [5, 5.41) is 24.6. The predicted molar refractivity (Wildman–Crippen MR) is 131 cm³/mol. The van der Waals surface area contributed by atoms with Gasteiger partial charge < -0.3 is 25.4 Å². The normalized spacial score (nSPS) is 11.7. The molecule has 3 rings (SSSR count). The van der Waals surface area contributed by atoms with Crippen LogP contribution >= 0.6 is 0 Å². The lowest BCUT2D eigenvalue weighted by molar-refractivity contribution is -0.137. The second kappa shape index (κ2) is 9.82. The number of pyridine rings is 1. The summed E-state index contributed by atoms with van der Waals surface area (Å²) in [6.45, 7) is 7.59. The molecule has 1 heterocycles. The number of carboxylic acids is 1. The minimum Gasteiger partial charge on any atom is -0.505 e. The Balaban J connectivity index is 1.97. The summed E-state index contributed by atoms with van der Waals surface area (Å²) in [5.74, 6) is -1.45. The van der Waals surface area contributed by atoms with Crippen LogP contribution in [0.2, 0.25) is 0 Å². The van der Waals surface area contributed by atoms with Gasteiger partial charge in [0.2, 0.25) is 0 Å². The smallest absolute Gasteiger partial charge is 0.319 e. The summed E-state index contributed by atoms with van der Waals surface area (Å²) in [6.07, 6.45) is -0.360. The van der Waals surface area contributed by atoms with Crippen LogP contribution in [0.3, 0.4) is 0 Å². The molecule has 8 heteroatoms. The van der Waals surface area contributed by atoms with Gasteiger partial charge in [-0.1, -0.05) is 35.9 Å². The fraction of sp³-hybridized carbons (Fsp3) is 0.269. The lowest BCUT2D eigenvalue weighted by Gasteiger charge is -2.21. The Labute approximate surface area is 197 Å². The standard InChI is InChI=1S/C26H29N3O5/c1-14-9-18(12-19(10-14)23-15(2)7-6-8-16(23)3)20(13-22(31)32)27-26(34)28-24-21(30)11-17(4)29(5)25(24)33/h6-12,20,30H,13H2,1-5H3,(H,31,32)(H2,27,28,34). The maximum Gasteiger partial charge on any atom is 0.319 e. The number of aliphatic carboxylic acids is 1. The van der Waals surface area contributed by atoms with E-state index in [4.69, 9.17) is 0 Å². The first-order chi connectivity index (χ1) is 16.0. The van der Waals surface area contributed by atoms with Crippen LogP contribution in [0.1, 0.15) is 40.4 Å². The van der Waals surface area contributed by atoms with E-state index < -0.39 is 23.6 Å². The van der Waals surface area contributed by atoms with Crippen molar-refractivity contribution >= 4 is 17.7 Å². The van der Waals surface area contributed by atoms with Gasteiger partial charge in [0.05, 0.1) is 12.5 Å². The van der Waals surface area contributed by atoms with Gasteiger partial charge in [0, 0.05) is 18.8 Å². The minimum atomic E-state index is -1.09. The Morgan fingerprint density at radius 2 is 1.68 bits per heavy atom. The minimum absolute atomic E-state index is 0.278. The fourth-order valence-corrected chi connectivity index (χ4v) is 4.08. The number of carbonyl (C=O) groups is 2. The van der Waals surface area contributed by atoms with E-state index in [2.05, 4.69) is 10.6 Å². The zero-order chi connectivity index (χ0) is 25.2. The van der Waals surface area contributed by atoms with Gasteiger partial charge in [0.1, 0.15) is 5.75 Å². The van der Waals surface area contributed by atoms with Crippen molar-refractivity contribution in [2.75, 3.05) is 5.32 Å². The number of anilines is 1. The van der Waals surface area contributed by atoms with Crippen LogP contribution in [-0.4, -0.2) is 26.8 Å². The number of aryl methyl sites for hydroxylation is 4. The largest absolute Gasteiger partial charge is 0.505 e. The number of nitrogens with one attached hydrogen (secondary N) is 2. The molecule has 2 aromatic carbocycles. The van der Waals surface area contributed by atoms with Crippen LogP contribution in [0.15, 0.2) is 47.3 Å². The fourth-order valence-electron chi connectivity index (χ4n) is 4.08. The SMILES string of the molecule is Cc1cc(-c2c(C)cccc2C)cc(C(CC(=O)O)NC(=O)Nc2c(O)cc(C)n(C)c2=O)c1. The molecule has 8 nitrogen and oxygen atoms in total. The van der Waals surface area contributed by atoms with Crippen molar-refractivity contribution in [3.8, 4) is 16.9 Å². The Hall–Kier alpha value is -4.07. The highest BCUT2D eigenvalue weighted by Crippen LogP contribution is 2.31. The number of benzene rings is 2. The molecule has 178 valence electrons. The molecule has 1 atom stereocenters. The molecule has 2 amide bonds. The summed E-state index contributed by atoms with van der Waals surface area (Å²) in [7, 11) is 1.52. The molecule has 0 aliphatic heterocycles. The van der Waals surface area contributed by atoms with Gasteiger partial charge in [-0.2, -0.15) is 0 Å². The predicted octanol–water partition coefficient (Wildman–Crippen LogP) is 4.33. The van der Waals surface area contributed by atoms with E-state index in [-0.39, 0.29) is 17.9 Å². The topological polar surface area (TPSA) is 121 Å². The van der Waals surface area contributed by atoms with E-state index >= 15 is 0 Å². The first-order valence-electron chi connectivity index (χ1n) is 10.8. The Morgan fingerprint density at radius 3 is 2.29 bits per heavy atom. The van der Waals surface area contributed by atoms with E-state index in [1.54, 1.807) is 6.92 Å². The number of urea groups is 1. The Kier molecular flexibility index (Phi) is 7.10. The van der Waals surface area contributed by atoms with Crippen LogP contribution in [-0.2, 0) is 11.8 Å². The summed E-state index contributed by atoms with van der Waals surface area (Å²) < 4.78 is 1.29. The quantitative estimate of drug-likeness (QED) is 0.434. The second-order valence-electron chi connectivity index (χ2n) is 8.56. The first-order valence-corrected chi connectivity index (χ1v) is 10.8. The van der Waals surface area contributed by atoms with Gasteiger partial charge in [-0.15, -0.1) is 0 Å². The van der Waals surface area contributed by atoms with Crippen molar-refractivity contribution in [3.05, 3.63) is 80.8 Å². The Morgan fingerprint density at radius 1 is 1.03 bits per heavy atom. The zero-order valence-electron chi connectivity index (χ0n) is 19.9. The van der Waals surface area contributed by atoms with Gasteiger partial charge >= 0.3 is 12.0 Å². The van der Waals surface area contributed by atoms with Crippen LogP contribution in [0, 0.1) is 27.7 Å². The number of aromatic hydroxyl groups is 1. The third-order valence-electron chi connectivity index (χ3n) is 5.84. The van der Waals surface area contributed by atoms with Gasteiger partial charge in [-0.25, -0.2) is 4.79 Å². The van der Waals surface area contributed by atoms with E-state index in [9.17, 15) is 24.6 Å². The van der Waals surface area contributed by atoms with E-state index in [1.165, 1.54) is 17.7 Å². The van der Waals surface area contributed by atoms with Gasteiger partial charge in [0.15, 0.2) is 5.69 Å². The highest BCUT2D eigenvalue weighted by atomic mass is 16.4. The van der Waals surface area contributed by atoms with Crippen molar-refractivity contribution in [1.82, 2.24) is 9.88 Å². The maximum absolute atomic E-state index is 12.8. The highest BCUT2D eigenvalue weighted by molar-refractivity contribution is 5.91. The number of aromatic nitrogens is 1. The Bertz CT molecular complexity index is 1310. The van der Waals surface area contributed by atoms with Crippen LogP contribution in [0.25, 0.3) is 11.1 Å². The highest BCUT2D eigenvalue weighted by Gasteiger charge is 2.21. The zero-order valence-corrected chi connectivity index (χ0v) is 19.9. The third-order valence-corrected chi connectivity index (χ3v) is 5.84. The van der Waals surface area contributed by atoms with E-state index in [0.29, 0.717) is 11.3 Å². The monoisotopic (exact) mass is 463 g/mol. The average molecular weight is 464 g/mol. The molecular formula is C26H29N3O5. The molecule has 0 bridgehead atoms. The molecule has 0 saturated heterocycles. The molecule has 0 aliphatic rings. The van der Waals surface area contributed by atoms with Gasteiger partial charge in [-0.05, 0) is 61.6 Å². The molecule has 0 spiro atoms. The number of rotatable bonds is 6. The van der Waals surface area contributed by atoms with Gasteiger partial charge in [-0.3, -0.25) is 9.59 Å². The molecule has 0 radical (unpaired) electrons. The number of nitrogens with zero attached hydrogens (tertiary/aromatic N) is 1. The number of amides is 2. The molecule has 0 aliphatic carbocycles. The average Bonchev–Trinajstić information content (AvgIpc) is 2.74. The van der Waals surface area contributed by atoms with Gasteiger partial charge in [0.25, 0.3) is 5.56 Å². The molecule has 4 N–H and O–H groups in total. The van der Waals surface area contributed by atoms with Crippen molar-refractivity contribution in [2.24, 2.45) is 7.05 Å². The number of hydrogen-bond donors (Lipinski definition) is 4. The molecule has 34 heavy (non-hydrogen) atoms. The van der Waals surface area contributed by atoms with Crippen LogP contribution < -0.4 is 16.2 Å². The molecule has 3 aromatic rings. The molecule has 1 unspecified atom stereocenters. The van der Waals surface area contributed by atoms with Crippen molar-refractivity contribution in [2.45, 2.75) is 40.2 Å².